The molecule has 0 aliphatic heterocycles. The molecule has 1 unspecified atom stereocenters. The van der Waals surface area contributed by atoms with Crippen LogP contribution in [0.3, 0.4) is 0 Å². The summed E-state index contributed by atoms with van der Waals surface area (Å²) in [6, 6.07) is 18.2. The van der Waals surface area contributed by atoms with E-state index >= 15 is 0 Å². The number of nitrogen functional groups attached to an aromatic ring is 1. The molecule has 0 spiro atoms. The Balaban J connectivity index is 1.57. The highest BCUT2D eigenvalue weighted by molar-refractivity contribution is 7.89. The monoisotopic (exact) mass is 501 g/mol. The zero-order valence-electron chi connectivity index (χ0n) is 18.1. The van der Waals surface area contributed by atoms with Crippen molar-refractivity contribution >= 4 is 39.2 Å². The van der Waals surface area contributed by atoms with Gasteiger partial charge in [-0.3, -0.25) is 9.59 Å². The summed E-state index contributed by atoms with van der Waals surface area (Å²) in [5.41, 5.74) is 8.21. The SMILES string of the molecule is Nc1ccc(C(=O)NCCCC(NS(=O)(=O)c2ccc(-c3ccc(Cl)cc3)cc2)C(=O)O)cc1. The first-order chi connectivity index (χ1) is 16.2. The van der Waals surface area contributed by atoms with Crippen LogP contribution in [0.5, 0.6) is 0 Å². The number of hydrogen-bond acceptors (Lipinski definition) is 5. The molecule has 5 N–H and O–H groups in total. The molecule has 0 aliphatic carbocycles. The molecule has 3 aromatic carbocycles. The summed E-state index contributed by atoms with van der Waals surface area (Å²) in [6.45, 7) is 0.185. The van der Waals surface area contributed by atoms with Crippen molar-refractivity contribution in [1.29, 1.82) is 0 Å². The Morgan fingerprint density at radius 2 is 1.47 bits per heavy atom. The summed E-state index contributed by atoms with van der Waals surface area (Å²) in [4.78, 5) is 23.7. The van der Waals surface area contributed by atoms with E-state index in [9.17, 15) is 23.1 Å². The molecule has 0 heterocycles. The van der Waals surface area contributed by atoms with Gasteiger partial charge in [-0.2, -0.15) is 4.72 Å². The molecule has 0 radical (unpaired) electrons. The molecule has 0 aromatic heterocycles. The van der Waals surface area contributed by atoms with Crippen LogP contribution in [0.1, 0.15) is 23.2 Å². The number of nitrogens with one attached hydrogen (secondary N) is 2. The summed E-state index contributed by atoms with van der Waals surface area (Å²) in [6.07, 6.45) is 0.259. The van der Waals surface area contributed by atoms with Crippen molar-refractivity contribution < 1.29 is 23.1 Å². The standard InChI is InChI=1S/C24H24ClN3O5S/c25-19-9-3-16(4-10-19)17-7-13-21(14-8-17)34(32,33)28-22(24(30)31)2-1-15-27-23(29)18-5-11-20(26)12-6-18/h3-14,22,28H,1-2,15,26H2,(H,27,29)(H,30,31). The van der Waals surface area contributed by atoms with E-state index < -0.39 is 22.0 Å². The minimum Gasteiger partial charge on any atom is -0.480 e. The van der Waals surface area contributed by atoms with Gasteiger partial charge in [0.05, 0.1) is 4.90 Å². The van der Waals surface area contributed by atoms with Crippen LogP contribution in [0.25, 0.3) is 11.1 Å². The predicted octanol–water partition coefficient (Wildman–Crippen LogP) is 3.53. The molecule has 1 atom stereocenters. The minimum absolute atomic E-state index is 0.000556. The number of rotatable bonds is 10. The van der Waals surface area contributed by atoms with Crippen molar-refractivity contribution in [3.8, 4) is 11.1 Å². The molecule has 8 nitrogen and oxygen atoms in total. The average molecular weight is 502 g/mol. The van der Waals surface area contributed by atoms with Gasteiger partial charge in [0.25, 0.3) is 5.91 Å². The number of aliphatic carboxylic acids is 1. The number of carboxylic acid groups (broad SMARTS) is 1. The van der Waals surface area contributed by atoms with Crippen molar-refractivity contribution in [2.24, 2.45) is 0 Å². The Bertz CT molecular complexity index is 1250. The molecule has 0 aliphatic rings. The lowest BCUT2D eigenvalue weighted by Crippen LogP contribution is -2.41. The van der Waals surface area contributed by atoms with Crippen LogP contribution in [-0.4, -0.2) is 38.0 Å². The maximum absolute atomic E-state index is 12.7. The topological polar surface area (TPSA) is 139 Å². The molecule has 3 aromatic rings. The number of amides is 1. The van der Waals surface area contributed by atoms with Crippen LogP contribution < -0.4 is 15.8 Å². The Labute approximate surface area is 202 Å². The van der Waals surface area contributed by atoms with Crippen molar-refractivity contribution in [1.82, 2.24) is 10.0 Å². The molecule has 0 bridgehead atoms. The van der Waals surface area contributed by atoms with Crippen molar-refractivity contribution in [3.63, 3.8) is 0 Å². The molecule has 0 saturated carbocycles. The smallest absolute Gasteiger partial charge is 0.321 e. The number of carbonyl (C=O) groups is 2. The number of nitrogens with two attached hydrogens (primary N) is 1. The molecule has 3 rings (SSSR count). The van der Waals surface area contributed by atoms with Crippen LogP contribution >= 0.6 is 11.6 Å². The second kappa shape index (κ2) is 11.1. The molecular weight excluding hydrogens is 478 g/mol. The first-order valence-electron chi connectivity index (χ1n) is 10.4. The van der Waals surface area contributed by atoms with E-state index in [-0.39, 0.29) is 30.2 Å². The van der Waals surface area contributed by atoms with E-state index in [2.05, 4.69) is 10.0 Å². The third-order valence-corrected chi connectivity index (χ3v) is 6.81. The molecule has 10 heteroatoms. The molecule has 178 valence electrons. The number of sulfonamides is 1. The number of anilines is 1. The maximum atomic E-state index is 12.7. The Morgan fingerprint density at radius 1 is 0.912 bits per heavy atom. The lowest BCUT2D eigenvalue weighted by molar-refractivity contribution is -0.139. The van der Waals surface area contributed by atoms with Gasteiger partial charge in [-0.1, -0.05) is 35.9 Å². The number of carbonyl (C=O) groups excluding carboxylic acids is 1. The molecule has 1 amide bonds. The van der Waals surface area contributed by atoms with E-state index in [1.54, 1.807) is 48.5 Å². The summed E-state index contributed by atoms with van der Waals surface area (Å²) < 4.78 is 27.7. The largest absolute Gasteiger partial charge is 0.480 e. The second-order valence-corrected chi connectivity index (χ2v) is 9.71. The van der Waals surface area contributed by atoms with Crippen LogP contribution in [0.15, 0.2) is 77.7 Å². The third-order valence-electron chi connectivity index (χ3n) is 5.07. The zero-order chi connectivity index (χ0) is 24.7. The van der Waals surface area contributed by atoms with Gasteiger partial charge in [-0.15, -0.1) is 0 Å². The highest BCUT2D eigenvalue weighted by Crippen LogP contribution is 2.23. The molecule has 0 saturated heterocycles. The van der Waals surface area contributed by atoms with Gasteiger partial charge in [-0.05, 0) is 72.5 Å². The van der Waals surface area contributed by atoms with Crippen molar-refractivity contribution in [3.05, 3.63) is 83.4 Å². The lowest BCUT2D eigenvalue weighted by Gasteiger charge is -2.15. The van der Waals surface area contributed by atoms with Gasteiger partial charge in [0.1, 0.15) is 6.04 Å². The van der Waals surface area contributed by atoms with Crippen molar-refractivity contribution in [2.45, 2.75) is 23.8 Å². The van der Waals surface area contributed by atoms with Gasteiger partial charge in [0.2, 0.25) is 10.0 Å². The van der Waals surface area contributed by atoms with Gasteiger partial charge >= 0.3 is 5.97 Å². The Morgan fingerprint density at radius 3 is 2.03 bits per heavy atom. The van der Waals surface area contributed by atoms with Crippen LogP contribution in [0.2, 0.25) is 5.02 Å². The van der Waals surface area contributed by atoms with E-state index in [1.807, 2.05) is 12.1 Å². The molecular formula is C24H24ClN3O5S. The predicted molar refractivity (Wildman–Crippen MR) is 131 cm³/mol. The maximum Gasteiger partial charge on any atom is 0.321 e. The fourth-order valence-electron chi connectivity index (χ4n) is 3.20. The number of benzene rings is 3. The normalized spacial score (nSPS) is 12.1. The van der Waals surface area contributed by atoms with Crippen LogP contribution in [0.4, 0.5) is 5.69 Å². The zero-order valence-corrected chi connectivity index (χ0v) is 19.6. The van der Waals surface area contributed by atoms with Crippen molar-refractivity contribution in [2.75, 3.05) is 12.3 Å². The van der Waals surface area contributed by atoms with Gasteiger partial charge in [0, 0.05) is 22.8 Å². The lowest BCUT2D eigenvalue weighted by atomic mass is 10.1. The highest BCUT2D eigenvalue weighted by Gasteiger charge is 2.25. The third kappa shape index (κ3) is 6.80. The van der Waals surface area contributed by atoms with Gasteiger partial charge < -0.3 is 16.2 Å². The number of hydrogen-bond donors (Lipinski definition) is 4. The van der Waals surface area contributed by atoms with E-state index in [0.717, 1.165) is 11.1 Å². The number of carboxylic acids is 1. The number of halogens is 1. The molecule has 0 fully saturated rings. The summed E-state index contributed by atoms with van der Waals surface area (Å²) in [5.74, 6) is -1.63. The van der Waals surface area contributed by atoms with Gasteiger partial charge in [0.15, 0.2) is 0 Å². The second-order valence-electron chi connectivity index (χ2n) is 7.56. The van der Waals surface area contributed by atoms with E-state index in [0.29, 0.717) is 16.3 Å². The minimum atomic E-state index is -4.06. The fraction of sp³-hybridized carbons (Fsp3) is 0.167. The first kappa shape index (κ1) is 25.2. The van der Waals surface area contributed by atoms with Crippen LogP contribution in [0, 0.1) is 0 Å². The summed E-state index contributed by atoms with van der Waals surface area (Å²) in [7, 11) is -4.06. The van der Waals surface area contributed by atoms with E-state index in [4.69, 9.17) is 17.3 Å². The van der Waals surface area contributed by atoms with E-state index in [1.165, 1.54) is 12.1 Å². The Hall–Kier alpha value is -3.40. The fourth-order valence-corrected chi connectivity index (χ4v) is 4.55. The average Bonchev–Trinajstić information content (AvgIpc) is 2.81. The molecule has 34 heavy (non-hydrogen) atoms. The summed E-state index contributed by atoms with van der Waals surface area (Å²) >= 11 is 5.89. The first-order valence-corrected chi connectivity index (χ1v) is 12.3. The highest BCUT2D eigenvalue weighted by atomic mass is 35.5. The summed E-state index contributed by atoms with van der Waals surface area (Å²) in [5, 5.41) is 12.7. The van der Waals surface area contributed by atoms with Gasteiger partial charge in [-0.25, -0.2) is 8.42 Å². The quantitative estimate of drug-likeness (QED) is 0.247. The Kier molecular flexibility index (Phi) is 8.27. The van der Waals surface area contributed by atoms with Crippen LogP contribution in [-0.2, 0) is 14.8 Å².